The first kappa shape index (κ1) is 17.8. The van der Waals surface area contributed by atoms with E-state index in [2.05, 4.69) is 20.4 Å². The van der Waals surface area contributed by atoms with Crippen molar-refractivity contribution in [1.29, 1.82) is 0 Å². The summed E-state index contributed by atoms with van der Waals surface area (Å²) in [6.07, 6.45) is 1.62. The zero-order valence-corrected chi connectivity index (χ0v) is 13.6. The monoisotopic (exact) mass is 381 g/mol. The van der Waals surface area contributed by atoms with Crippen molar-refractivity contribution in [3.8, 4) is 0 Å². The molecule has 0 radical (unpaired) electrons. The number of esters is 1. The molecule has 0 bridgehead atoms. The summed E-state index contributed by atoms with van der Waals surface area (Å²) in [4.78, 5) is 15.3. The smallest absolute Gasteiger partial charge is 0.310 e. The number of carbonyl (C=O) groups excluding carboxylic acids is 1. The van der Waals surface area contributed by atoms with Crippen LogP contribution in [0, 0.1) is 5.92 Å². The average molecular weight is 381 g/mol. The molecular formula is C12H20IN3O3. The Bertz CT molecular complexity index is 393. The lowest BCUT2D eigenvalue weighted by atomic mass is 10.2. The number of guanidine groups is 1. The third kappa shape index (κ3) is 6.46. The molecule has 108 valence electrons. The Balaban J connectivity index is 0.00000324. The molecule has 0 amide bonds. The molecule has 19 heavy (non-hydrogen) atoms. The Hall–Kier alpha value is -1.25. The first-order valence-corrected chi connectivity index (χ1v) is 5.72. The van der Waals surface area contributed by atoms with Gasteiger partial charge in [-0.3, -0.25) is 9.79 Å². The molecule has 0 aliphatic carbocycles. The van der Waals surface area contributed by atoms with Crippen molar-refractivity contribution in [2.75, 3.05) is 20.7 Å². The van der Waals surface area contributed by atoms with Gasteiger partial charge in [-0.2, -0.15) is 0 Å². The SMILES string of the molecule is CN=C(NCc1ccco1)NCC(C)C(=O)OC.I. The van der Waals surface area contributed by atoms with E-state index < -0.39 is 0 Å². The number of furan rings is 1. The van der Waals surface area contributed by atoms with Gasteiger partial charge in [0, 0.05) is 13.6 Å². The second-order valence-corrected chi connectivity index (χ2v) is 3.81. The average Bonchev–Trinajstić information content (AvgIpc) is 2.90. The molecule has 0 aliphatic rings. The van der Waals surface area contributed by atoms with Crippen LogP contribution in [0.5, 0.6) is 0 Å². The molecule has 0 fully saturated rings. The quantitative estimate of drug-likeness (QED) is 0.349. The molecule has 0 saturated carbocycles. The highest BCUT2D eigenvalue weighted by Gasteiger charge is 2.13. The van der Waals surface area contributed by atoms with Gasteiger partial charge in [0.1, 0.15) is 5.76 Å². The number of hydrogen-bond donors (Lipinski definition) is 2. The van der Waals surface area contributed by atoms with Gasteiger partial charge in [-0.1, -0.05) is 6.92 Å². The van der Waals surface area contributed by atoms with Gasteiger partial charge in [0.25, 0.3) is 0 Å². The molecule has 1 rings (SSSR count). The Morgan fingerprint density at radius 2 is 2.26 bits per heavy atom. The molecule has 1 aromatic heterocycles. The van der Waals surface area contributed by atoms with Crippen LogP contribution in [-0.4, -0.2) is 32.6 Å². The van der Waals surface area contributed by atoms with Gasteiger partial charge in [0.2, 0.25) is 0 Å². The maximum atomic E-state index is 11.2. The summed E-state index contributed by atoms with van der Waals surface area (Å²) >= 11 is 0. The Morgan fingerprint density at radius 3 is 2.79 bits per heavy atom. The fraction of sp³-hybridized carbons (Fsp3) is 0.500. The maximum absolute atomic E-state index is 11.2. The lowest BCUT2D eigenvalue weighted by molar-refractivity contribution is -0.144. The molecule has 0 aliphatic heterocycles. The van der Waals surface area contributed by atoms with Crippen molar-refractivity contribution >= 4 is 35.9 Å². The number of ether oxygens (including phenoxy) is 1. The summed E-state index contributed by atoms with van der Waals surface area (Å²) < 4.78 is 9.83. The Labute approximate surface area is 130 Å². The van der Waals surface area contributed by atoms with Gasteiger partial charge < -0.3 is 19.8 Å². The predicted octanol–water partition coefficient (Wildman–Crippen LogP) is 1.37. The van der Waals surface area contributed by atoms with Crippen LogP contribution >= 0.6 is 24.0 Å². The van der Waals surface area contributed by atoms with Gasteiger partial charge in [-0.15, -0.1) is 24.0 Å². The molecule has 0 saturated heterocycles. The van der Waals surface area contributed by atoms with E-state index in [1.54, 1.807) is 20.2 Å². The number of hydrogen-bond acceptors (Lipinski definition) is 4. The summed E-state index contributed by atoms with van der Waals surface area (Å²) in [5.41, 5.74) is 0. The molecule has 1 aromatic rings. The zero-order valence-electron chi connectivity index (χ0n) is 11.3. The van der Waals surface area contributed by atoms with E-state index >= 15 is 0 Å². The number of rotatable bonds is 5. The normalized spacial score (nSPS) is 12.3. The van der Waals surface area contributed by atoms with Crippen LogP contribution in [-0.2, 0) is 16.1 Å². The predicted molar refractivity (Wildman–Crippen MR) is 83.5 cm³/mol. The molecule has 1 unspecified atom stereocenters. The van der Waals surface area contributed by atoms with Crippen LogP contribution in [0.3, 0.4) is 0 Å². The van der Waals surface area contributed by atoms with E-state index in [4.69, 9.17) is 4.42 Å². The number of halogens is 1. The molecule has 0 aromatic carbocycles. The number of methoxy groups -OCH3 is 1. The minimum absolute atomic E-state index is 0. The van der Waals surface area contributed by atoms with Crippen LogP contribution < -0.4 is 10.6 Å². The van der Waals surface area contributed by atoms with Crippen LogP contribution in [0.1, 0.15) is 12.7 Å². The number of nitrogens with one attached hydrogen (secondary N) is 2. The first-order chi connectivity index (χ1) is 8.67. The van der Waals surface area contributed by atoms with E-state index in [9.17, 15) is 4.79 Å². The summed E-state index contributed by atoms with van der Waals surface area (Å²) in [6.45, 7) is 2.79. The molecule has 1 atom stereocenters. The number of aliphatic imine (C=N–C) groups is 1. The topological polar surface area (TPSA) is 75.9 Å². The van der Waals surface area contributed by atoms with Crippen molar-refractivity contribution in [3.05, 3.63) is 24.2 Å². The lowest BCUT2D eigenvalue weighted by Gasteiger charge is -2.14. The van der Waals surface area contributed by atoms with E-state index in [0.29, 0.717) is 19.0 Å². The van der Waals surface area contributed by atoms with Gasteiger partial charge in [0.15, 0.2) is 5.96 Å². The van der Waals surface area contributed by atoms with Gasteiger partial charge in [0.05, 0.1) is 25.8 Å². The second-order valence-electron chi connectivity index (χ2n) is 3.81. The number of carbonyl (C=O) groups is 1. The standard InChI is InChI=1S/C12H19N3O3.HI/c1-9(11(16)17-3)7-14-12(13-2)15-8-10-5-4-6-18-10;/h4-6,9H,7-8H2,1-3H3,(H2,13,14,15);1H. The van der Waals surface area contributed by atoms with E-state index in [-0.39, 0.29) is 35.9 Å². The van der Waals surface area contributed by atoms with E-state index in [0.717, 1.165) is 5.76 Å². The summed E-state index contributed by atoms with van der Waals surface area (Å²) in [5, 5.41) is 6.12. The highest BCUT2D eigenvalue weighted by atomic mass is 127. The van der Waals surface area contributed by atoms with Gasteiger partial charge in [-0.25, -0.2) is 0 Å². The second kappa shape index (κ2) is 9.65. The Morgan fingerprint density at radius 1 is 1.53 bits per heavy atom. The highest BCUT2D eigenvalue weighted by molar-refractivity contribution is 14.0. The van der Waals surface area contributed by atoms with Gasteiger partial charge in [-0.05, 0) is 12.1 Å². The van der Waals surface area contributed by atoms with E-state index in [1.165, 1.54) is 7.11 Å². The minimum atomic E-state index is -0.246. The summed E-state index contributed by atoms with van der Waals surface area (Å²) in [7, 11) is 3.04. The van der Waals surface area contributed by atoms with E-state index in [1.807, 2.05) is 12.1 Å². The van der Waals surface area contributed by atoms with Gasteiger partial charge >= 0.3 is 5.97 Å². The van der Waals surface area contributed by atoms with Crippen molar-refractivity contribution in [3.63, 3.8) is 0 Å². The fourth-order valence-corrected chi connectivity index (χ4v) is 1.34. The van der Waals surface area contributed by atoms with Crippen LogP contribution in [0.25, 0.3) is 0 Å². The van der Waals surface area contributed by atoms with Crippen molar-refractivity contribution in [2.45, 2.75) is 13.5 Å². The highest BCUT2D eigenvalue weighted by Crippen LogP contribution is 1.98. The zero-order chi connectivity index (χ0) is 13.4. The van der Waals surface area contributed by atoms with Crippen LogP contribution in [0.4, 0.5) is 0 Å². The van der Waals surface area contributed by atoms with Crippen molar-refractivity contribution < 1.29 is 13.9 Å². The molecule has 1 heterocycles. The van der Waals surface area contributed by atoms with Crippen LogP contribution in [0.2, 0.25) is 0 Å². The van der Waals surface area contributed by atoms with Crippen molar-refractivity contribution in [2.24, 2.45) is 10.9 Å². The number of nitrogens with zero attached hydrogens (tertiary/aromatic N) is 1. The largest absolute Gasteiger partial charge is 0.469 e. The first-order valence-electron chi connectivity index (χ1n) is 5.72. The minimum Gasteiger partial charge on any atom is -0.469 e. The third-order valence-electron chi connectivity index (χ3n) is 2.41. The maximum Gasteiger partial charge on any atom is 0.310 e. The summed E-state index contributed by atoms with van der Waals surface area (Å²) in [5.74, 6) is 0.960. The Kier molecular flexibility index (Phi) is 9.02. The van der Waals surface area contributed by atoms with Crippen molar-refractivity contribution in [1.82, 2.24) is 10.6 Å². The molecule has 2 N–H and O–H groups in total. The fourth-order valence-electron chi connectivity index (χ4n) is 1.34. The third-order valence-corrected chi connectivity index (χ3v) is 2.41. The van der Waals surface area contributed by atoms with Crippen LogP contribution in [0.15, 0.2) is 27.8 Å². The molecule has 0 spiro atoms. The molecule has 7 heteroatoms. The molecule has 6 nitrogen and oxygen atoms in total. The summed E-state index contributed by atoms with van der Waals surface area (Å²) in [6, 6.07) is 3.70. The molecular weight excluding hydrogens is 361 g/mol. The lowest BCUT2D eigenvalue weighted by Crippen LogP contribution is -2.40.